The fourth-order valence-electron chi connectivity index (χ4n) is 4.05. The molecule has 9 nitrogen and oxygen atoms in total. The number of ether oxygens (including phenoxy) is 2. The van der Waals surface area contributed by atoms with E-state index in [0.29, 0.717) is 22.6 Å². The first-order valence-corrected chi connectivity index (χ1v) is 11.9. The Morgan fingerprint density at radius 3 is 2.44 bits per heavy atom. The highest BCUT2D eigenvalue weighted by molar-refractivity contribution is 7.17. The van der Waals surface area contributed by atoms with Crippen LogP contribution in [0, 0.1) is 13.8 Å². The molecule has 0 aliphatic carbocycles. The molecule has 1 fully saturated rings. The number of thiazole rings is 1. The van der Waals surface area contributed by atoms with Crippen LogP contribution in [0.1, 0.15) is 45.0 Å². The van der Waals surface area contributed by atoms with E-state index in [-0.39, 0.29) is 33.7 Å². The number of phenols is 1. The molecule has 2 N–H and O–H groups in total. The van der Waals surface area contributed by atoms with Crippen LogP contribution in [-0.4, -0.2) is 46.6 Å². The minimum Gasteiger partial charge on any atom is -0.508 e. The van der Waals surface area contributed by atoms with Crippen LogP contribution in [-0.2, 0) is 14.3 Å². The van der Waals surface area contributed by atoms with E-state index < -0.39 is 23.7 Å². The van der Waals surface area contributed by atoms with E-state index in [1.54, 1.807) is 51.1 Å². The number of anilines is 1. The molecule has 2 heterocycles. The number of benzene rings is 2. The van der Waals surface area contributed by atoms with Crippen molar-refractivity contribution in [2.75, 3.05) is 18.6 Å². The molecule has 1 aromatic heterocycles. The van der Waals surface area contributed by atoms with Crippen LogP contribution in [0.25, 0.3) is 5.76 Å². The fourth-order valence-corrected chi connectivity index (χ4v) is 5.04. The van der Waals surface area contributed by atoms with Crippen molar-refractivity contribution in [2.24, 2.45) is 0 Å². The number of hydrogen-bond acceptors (Lipinski definition) is 9. The minimum absolute atomic E-state index is 0.00355. The zero-order chi connectivity index (χ0) is 26.1. The number of nitrogens with zero attached hydrogens (tertiary/aromatic N) is 2. The van der Waals surface area contributed by atoms with Crippen molar-refractivity contribution >= 4 is 39.9 Å². The summed E-state index contributed by atoms with van der Waals surface area (Å²) in [7, 11) is 1.53. The number of aromatic hydroxyl groups is 1. The molecule has 10 heteroatoms. The van der Waals surface area contributed by atoms with E-state index in [9.17, 15) is 24.6 Å². The molecule has 0 radical (unpaired) electrons. The zero-order valence-electron chi connectivity index (χ0n) is 20.1. The van der Waals surface area contributed by atoms with Crippen molar-refractivity contribution in [3.05, 3.63) is 75.3 Å². The van der Waals surface area contributed by atoms with E-state index in [4.69, 9.17) is 9.47 Å². The number of carbonyl (C=O) groups is 3. The SMILES string of the molecule is CCOC(=O)c1sc(N2C(=O)C(=O)C(=C(O)c3ccc(OC)c(C)c3)C2c2ccc(O)cc2)nc1C. The molecule has 3 aromatic rings. The van der Waals surface area contributed by atoms with E-state index in [1.165, 1.54) is 19.2 Å². The van der Waals surface area contributed by atoms with E-state index in [2.05, 4.69) is 4.98 Å². The van der Waals surface area contributed by atoms with Gasteiger partial charge in [0.15, 0.2) is 5.13 Å². The van der Waals surface area contributed by atoms with Crippen LogP contribution in [0.3, 0.4) is 0 Å². The fraction of sp³-hybridized carbons (Fsp3) is 0.231. The van der Waals surface area contributed by atoms with Crippen molar-refractivity contribution < 1.29 is 34.1 Å². The van der Waals surface area contributed by atoms with Crippen LogP contribution in [0.2, 0.25) is 0 Å². The molecule has 0 spiro atoms. The van der Waals surface area contributed by atoms with Gasteiger partial charge in [-0.25, -0.2) is 9.78 Å². The smallest absolute Gasteiger partial charge is 0.350 e. The molecular formula is C26H24N2O7S. The number of rotatable bonds is 6. The summed E-state index contributed by atoms with van der Waals surface area (Å²) in [5, 5.41) is 21.2. The van der Waals surface area contributed by atoms with Crippen molar-refractivity contribution in [2.45, 2.75) is 26.8 Å². The molecule has 0 saturated carbocycles. The van der Waals surface area contributed by atoms with Crippen molar-refractivity contribution in [1.82, 2.24) is 4.98 Å². The standard InChI is InChI=1S/C26H24N2O7S/c1-5-35-25(33)23-14(3)27-26(36-23)28-20(15-6-9-17(29)10-7-15)19(22(31)24(28)32)21(30)16-8-11-18(34-4)13(2)12-16/h6-12,20,29-30H,5H2,1-4H3. The van der Waals surface area contributed by atoms with Gasteiger partial charge in [0, 0.05) is 5.56 Å². The topological polar surface area (TPSA) is 126 Å². The zero-order valence-corrected chi connectivity index (χ0v) is 20.9. The maximum Gasteiger partial charge on any atom is 0.350 e. The van der Waals surface area contributed by atoms with E-state index >= 15 is 0 Å². The maximum atomic E-state index is 13.3. The number of ketones is 1. The highest BCUT2D eigenvalue weighted by Crippen LogP contribution is 2.44. The Morgan fingerprint density at radius 2 is 1.83 bits per heavy atom. The first kappa shape index (κ1) is 24.9. The maximum absolute atomic E-state index is 13.3. The summed E-state index contributed by atoms with van der Waals surface area (Å²) in [6.45, 7) is 5.25. The Labute approximate surface area is 211 Å². The molecule has 186 valence electrons. The third-order valence-electron chi connectivity index (χ3n) is 5.77. The lowest BCUT2D eigenvalue weighted by Crippen LogP contribution is -2.29. The number of esters is 1. The summed E-state index contributed by atoms with van der Waals surface area (Å²) < 4.78 is 10.4. The van der Waals surface area contributed by atoms with Gasteiger partial charge in [-0.05, 0) is 62.2 Å². The van der Waals surface area contributed by atoms with E-state index in [0.717, 1.165) is 21.8 Å². The molecule has 4 rings (SSSR count). The number of amides is 1. The first-order valence-electron chi connectivity index (χ1n) is 11.1. The lowest BCUT2D eigenvalue weighted by Gasteiger charge is -2.23. The number of aromatic nitrogens is 1. The number of aliphatic hydroxyl groups is 1. The average Bonchev–Trinajstić information content (AvgIpc) is 3.36. The van der Waals surface area contributed by atoms with Gasteiger partial charge in [0.1, 0.15) is 22.1 Å². The lowest BCUT2D eigenvalue weighted by atomic mass is 9.95. The monoisotopic (exact) mass is 508 g/mol. The molecule has 36 heavy (non-hydrogen) atoms. The number of phenolic OH excluding ortho intramolecular Hbond substituents is 1. The number of aryl methyl sites for hydroxylation is 2. The number of methoxy groups -OCH3 is 1. The summed E-state index contributed by atoms with van der Waals surface area (Å²) in [6.07, 6.45) is 0. The Kier molecular flexibility index (Phi) is 6.80. The number of Topliss-reactive ketones (excluding diaryl/α,β-unsaturated/α-hetero) is 1. The Morgan fingerprint density at radius 1 is 1.14 bits per heavy atom. The quantitative estimate of drug-likeness (QED) is 0.219. The average molecular weight is 509 g/mol. The van der Waals surface area contributed by atoms with Gasteiger partial charge in [0.25, 0.3) is 5.78 Å². The molecule has 2 aromatic carbocycles. The van der Waals surface area contributed by atoms with Crippen LogP contribution < -0.4 is 9.64 Å². The molecule has 1 amide bonds. The highest BCUT2D eigenvalue weighted by Gasteiger charge is 2.48. The number of hydrogen-bond donors (Lipinski definition) is 2. The van der Waals surface area contributed by atoms with Crippen molar-refractivity contribution in [3.8, 4) is 11.5 Å². The predicted molar refractivity (Wildman–Crippen MR) is 133 cm³/mol. The van der Waals surface area contributed by atoms with Crippen molar-refractivity contribution in [3.63, 3.8) is 0 Å². The van der Waals surface area contributed by atoms with Gasteiger partial charge in [-0.2, -0.15) is 0 Å². The normalized spacial score (nSPS) is 16.9. The number of aliphatic hydroxyl groups excluding tert-OH is 1. The molecule has 1 atom stereocenters. The molecule has 0 bridgehead atoms. The second-order valence-corrected chi connectivity index (χ2v) is 9.05. The van der Waals surface area contributed by atoms with Gasteiger partial charge in [0.05, 0.1) is 31.0 Å². The Balaban J connectivity index is 1.91. The largest absolute Gasteiger partial charge is 0.508 e. The van der Waals surface area contributed by atoms with Crippen LogP contribution >= 0.6 is 11.3 Å². The van der Waals surface area contributed by atoms with Gasteiger partial charge in [0.2, 0.25) is 0 Å². The third kappa shape index (κ3) is 4.31. The van der Waals surface area contributed by atoms with Gasteiger partial charge >= 0.3 is 11.9 Å². The van der Waals surface area contributed by atoms with Crippen LogP contribution in [0.4, 0.5) is 5.13 Å². The van der Waals surface area contributed by atoms with Gasteiger partial charge in [-0.1, -0.05) is 23.5 Å². The summed E-state index contributed by atoms with van der Waals surface area (Å²) in [6, 6.07) is 9.81. The summed E-state index contributed by atoms with van der Waals surface area (Å²) >= 11 is 0.926. The van der Waals surface area contributed by atoms with Crippen molar-refractivity contribution in [1.29, 1.82) is 0 Å². The molecule has 1 unspecified atom stereocenters. The summed E-state index contributed by atoms with van der Waals surface area (Å²) in [5.74, 6) is -2.14. The second kappa shape index (κ2) is 9.82. The molecule has 1 saturated heterocycles. The van der Waals surface area contributed by atoms with Crippen LogP contribution in [0.5, 0.6) is 11.5 Å². The summed E-state index contributed by atoms with van der Waals surface area (Å²) in [5.41, 5.74) is 1.74. The molecule has 1 aliphatic heterocycles. The summed E-state index contributed by atoms with van der Waals surface area (Å²) in [4.78, 5) is 44.7. The van der Waals surface area contributed by atoms with Gasteiger partial charge < -0.3 is 19.7 Å². The Hall–Kier alpha value is -4.18. The van der Waals surface area contributed by atoms with Gasteiger partial charge in [-0.15, -0.1) is 0 Å². The highest BCUT2D eigenvalue weighted by atomic mass is 32.1. The molecule has 1 aliphatic rings. The lowest BCUT2D eigenvalue weighted by molar-refractivity contribution is -0.132. The van der Waals surface area contributed by atoms with Gasteiger partial charge in [-0.3, -0.25) is 14.5 Å². The number of carbonyl (C=O) groups excluding carboxylic acids is 3. The second-order valence-electron chi connectivity index (χ2n) is 8.08. The van der Waals surface area contributed by atoms with Crippen LogP contribution in [0.15, 0.2) is 48.0 Å². The molecular weight excluding hydrogens is 484 g/mol. The van der Waals surface area contributed by atoms with E-state index in [1.807, 2.05) is 0 Å². The Bertz CT molecular complexity index is 1390. The minimum atomic E-state index is -1.05. The predicted octanol–water partition coefficient (Wildman–Crippen LogP) is 4.28. The first-order chi connectivity index (χ1) is 17.2. The third-order valence-corrected chi connectivity index (χ3v) is 6.91.